The molecule has 1 aliphatic heterocycles. The molecule has 0 spiro atoms. The van der Waals surface area contributed by atoms with Gasteiger partial charge in [0.1, 0.15) is 0 Å². The van der Waals surface area contributed by atoms with E-state index in [1.807, 2.05) is 18.2 Å². The van der Waals surface area contributed by atoms with Crippen molar-refractivity contribution in [2.24, 2.45) is 5.73 Å². The minimum absolute atomic E-state index is 0.00649. The van der Waals surface area contributed by atoms with Gasteiger partial charge in [-0.2, -0.15) is 0 Å². The number of aryl methyl sites for hydroxylation is 2. The third kappa shape index (κ3) is 3.76. The van der Waals surface area contributed by atoms with Gasteiger partial charge in [0.05, 0.1) is 12.2 Å². The lowest BCUT2D eigenvalue weighted by Gasteiger charge is -2.15. The Bertz CT molecular complexity index is 722. The number of benzene rings is 1. The van der Waals surface area contributed by atoms with Crippen molar-refractivity contribution >= 4 is 22.4 Å². The van der Waals surface area contributed by atoms with Crippen LogP contribution in [0.2, 0.25) is 0 Å². The molecule has 6 heteroatoms. The van der Waals surface area contributed by atoms with Crippen molar-refractivity contribution in [2.45, 2.75) is 37.6 Å². The van der Waals surface area contributed by atoms with Crippen LogP contribution in [0.4, 0.5) is 5.13 Å². The molecule has 1 aliphatic carbocycles. The fourth-order valence-corrected chi connectivity index (χ4v) is 4.93. The molecule has 0 unspecified atom stereocenters. The number of carbonyl (C=O) groups excluding carboxylic acids is 1. The Kier molecular flexibility index (Phi) is 4.83. The Morgan fingerprint density at radius 2 is 2.04 bits per heavy atom. The summed E-state index contributed by atoms with van der Waals surface area (Å²) in [6.07, 6.45) is 4.58. The number of nitrogens with two attached hydrogens (primary N) is 1. The van der Waals surface area contributed by atoms with Crippen LogP contribution in [0.1, 0.15) is 34.9 Å². The summed E-state index contributed by atoms with van der Waals surface area (Å²) in [6, 6.07) is 10.4. The number of nitrogens with one attached hydrogen (secondary N) is 1. The largest absolute Gasteiger partial charge is 0.326 e. The second-order valence-electron chi connectivity index (χ2n) is 7.02. The van der Waals surface area contributed by atoms with E-state index in [0.29, 0.717) is 12.5 Å². The van der Waals surface area contributed by atoms with E-state index in [4.69, 9.17) is 5.73 Å². The van der Waals surface area contributed by atoms with Gasteiger partial charge >= 0.3 is 0 Å². The first-order valence-electron chi connectivity index (χ1n) is 9.00. The maximum atomic E-state index is 12.4. The first-order chi connectivity index (χ1) is 12.2. The highest BCUT2D eigenvalue weighted by Crippen LogP contribution is 2.30. The summed E-state index contributed by atoms with van der Waals surface area (Å²) in [4.78, 5) is 20.5. The highest BCUT2D eigenvalue weighted by molar-refractivity contribution is 7.15. The number of aromatic nitrogens is 1. The van der Waals surface area contributed by atoms with Gasteiger partial charge in [0.15, 0.2) is 5.13 Å². The number of rotatable bonds is 4. The first kappa shape index (κ1) is 16.7. The Balaban J connectivity index is 1.34. The zero-order valence-electron chi connectivity index (χ0n) is 14.3. The zero-order chi connectivity index (χ0) is 17.2. The summed E-state index contributed by atoms with van der Waals surface area (Å²) in [5, 5.41) is 3.73. The average Bonchev–Trinajstić information content (AvgIpc) is 3.18. The average molecular weight is 356 g/mol. The van der Waals surface area contributed by atoms with E-state index in [9.17, 15) is 4.79 Å². The van der Waals surface area contributed by atoms with E-state index in [-0.39, 0.29) is 11.9 Å². The molecule has 132 valence electrons. The van der Waals surface area contributed by atoms with Gasteiger partial charge in [0.2, 0.25) is 5.91 Å². The minimum Gasteiger partial charge on any atom is -0.326 e. The van der Waals surface area contributed by atoms with Gasteiger partial charge in [-0.05, 0) is 31.2 Å². The molecule has 2 aromatic rings. The van der Waals surface area contributed by atoms with Gasteiger partial charge in [-0.3, -0.25) is 9.69 Å². The van der Waals surface area contributed by atoms with Crippen LogP contribution in [0.15, 0.2) is 30.3 Å². The van der Waals surface area contributed by atoms with Crippen LogP contribution in [0.5, 0.6) is 0 Å². The molecule has 2 heterocycles. The van der Waals surface area contributed by atoms with Crippen molar-refractivity contribution in [1.82, 2.24) is 9.88 Å². The zero-order valence-corrected chi connectivity index (χ0v) is 15.1. The summed E-state index contributed by atoms with van der Waals surface area (Å²) >= 11 is 1.63. The molecule has 5 nitrogen and oxygen atoms in total. The van der Waals surface area contributed by atoms with Crippen LogP contribution in [0.25, 0.3) is 0 Å². The number of hydrogen-bond acceptors (Lipinski definition) is 5. The molecule has 1 aromatic carbocycles. The lowest BCUT2D eigenvalue weighted by molar-refractivity contribution is -0.117. The van der Waals surface area contributed by atoms with Crippen molar-refractivity contribution in [2.75, 3.05) is 25.0 Å². The van der Waals surface area contributed by atoms with E-state index in [1.54, 1.807) is 11.3 Å². The van der Waals surface area contributed by atoms with Crippen LogP contribution in [0, 0.1) is 0 Å². The van der Waals surface area contributed by atoms with E-state index < -0.39 is 0 Å². The maximum Gasteiger partial charge on any atom is 0.240 e. The molecule has 3 N–H and O–H groups in total. The molecule has 0 radical (unpaired) electrons. The predicted octanol–water partition coefficient (Wildman–Crippen LogP) is 2.39. The highest BCUT2D eigenvalue weighted by Gasteiger charge is 2.32. The van der Waals surface area contributed by atoms with Crippen LogP contribution in [-0.2, 0) is 17.6 Å². The van der Waals surface area contributed by atoms with Crippen molar-refractivity contribution in [3.63, 3.8) is 0 Å². The summed E-state index contributed by atoms with van der Waals surface area (Å²) in [7, 11) is 0. The normalized spacial score (nSPS) is 23.4. The monoisotopic (exact) mass is 356 g/mol. The summed E-state index contributed by atoms with van der Waals surface area (Å²) in [6.45, 7) is 1.95. The number of thiazole rings is 1. The van der Waals surface area contributed by atoms with E-state index in [2.05, 4.69) is 27.3 Å². The first-order valence-corrected chi connectivity index (χ1v) is 9.82. The quantitative estimate of drug-likeness (QED) is 0.882. The van der Waals surface area contributed by atoms with Gasteiger partial charge < -0.3 is 11.1 Å². The number of fused-ring (bicyclic) bond motifs is 1. The third-order valence-corrected chi connectivity index (χ3v) is 6.20. The van der Waals surface area contributed by atoms with Gasteiger partial charge in [0.25, 0.3) is 0 Å². The molecule has 1 saturated heterocycles. The van der Waals surface area contributed by atoms with Crippen molar-refractivity contribution in [3.05, 3.63) is 46.5 Å². The van der Waals surface area contributed by atoms with E-state index >= 15 is 0 Å². The second-order valence-corrected chi connectivity index (χ2v) is 8.10. The number of carbonyl (C=O) groups is 1. The van der Waals surface area contributed by atoms with Crippen molar-refractivity contribution in [3.8, 4) is 0 Å². The van der Waals surface area contributed by atoms with E-state index in [1.165, 1.54) is 29.0 Å². The molecule has 25 heavy (non-hydrogen) atoms. The third-order valence-electron chi connectivity index (χ3n) is 5.13. The van der Waals surface area contributed by atoms with Gasteiger partial charge in [-0.1, -0.05) is 30.3 Å². The van der Waals surface area contributed by atoms with Crippen LogP contribution >= 0.6 is 11.3 Å². The Labute approximate surface area is 152 Å². The fourth-order valence-electron chi connectivity index (χ4n) is 3.86. The smallest absolute Gasteiger partial charge is 0.240 e. The lowest BCUT2D eigenvalue weighted by atomic mass is 9.95. The minimum atomic E-state index is 0.00649. The number of amides is 1. The summed E-state index contributed by atoms with van der Waals surface area (Å²) < 4.78 is 0. The number of anilines is 1. The Hall–Kier alpha value is -1.76. The molecule has 1 amide bonds. The molecule has 1 aromatic heterocycles. The second kappa shape index (κ2) is 7.23. The molecular formula is C19H24N4OS. The molecule has 2 atom stereocenters. The van der Waals surface area contributed by atoms with E-state index in [0.717, 1.165) is 31.1 Å². The number of likely N-dealkylation sites (tertiary alicyclic amines) is 1. The topological polar surface area (TPSA) is 71.2 Å². The Morgan fingerprint density at radius 3 is 2.84 bits per heavy atom. The molecule has 2 aliphatic rings. The molecular weight excluding hydrogens is 332 g/mol. The van der Waals surface area contributed by atoms with Crippen molar-refractivity contribution in [1.29, 1.82) is 0 Å². The molecule has 0 saturated carbocycles. The van der Waals surface area contributed by atoms with Crippen LogP contribution in [-0.4, -0.2) is 41.5 Å². The highest BCUT2D eigenvalue weighted by atomic mass is 32.1. The van der Waals surface area contributed by atoms with Gasteiger partial charge in [-0.15, -0.1) is 11.3 Å². The maximum absolute atomic E-state index is 12.4. The SMILES string of the molecule is N[C@@H]1CN(CC(=O)Nc2nc3c(s2)CCCC3)C[C@H]1c1ccccc1. The van der Waals surface area contributed by atoms with Gasteiger partial charge in [0, 0.05) is 29.9 Å². The standard InChI is InChI=1S/C19H24N4OS/c20-15-11-23(10-14(15)13-6-2-1-3-7-13)12-18(24)22-19-21-16-8-4-5-9-17(16)25-19/h1-3,6-7,14-15H,4-5,8-12,20H2,(H,21,22,24)/t14-,15+/m0/s1. The van der Waals surface area contributed by atoms with Crippen LogP contribution in [0.3, 0.4) is 0 Å². The molecule has 0 bridgehead atoms. The number of hydrogen-bond donors (Lipinski definition) is 2. The lowest BCUT2D eigenvalue weighted by Crippen LogP contribution is -2.33. The molecule has 1 fully saturated rings. The predicted molar refractivity (Wildman–Crippen MR) is 101 cm³/mol. The summed E-state index contributed by atoms with van der Waals surface area (Å²) in [5.74, 6) is 0.299. The van der Waals surface area contributed by atoms with Gasteiger partial charge in [-0.25, -0.2) is 4.98 Å². The van der Waals surface area contributed by atoms with Crippen molar-refractivity contribution < 1.29 is 4.79 Å². The number of nitrogens with zero attached hydrogens (tertiary/aromatic N) is 2. The van der Waals surface area contributed by atoms with Crippen LogP contribution < -0.4 is 11.1 Å². The summed E-state index contributed by atoms with van der Waals surface area (Å²) in [5.41, 5.74) is 8.75. The Morgan fingerprint density at radius 1 is 1.24 bits per heavy atom. The fraction of sp³-hybridized carbons (Fsp3) is 0.474. The molecule has 4 rings (SSSR count).